The predicted molar refractivity (Wildman–Crippen MR) is 93.9 cm³/mol. The van der Waals surface area contributed by atoms with E-state index in [0.29, 0.717) is 18.3 Å². The van der Waals surface area contributed by atoms with E-state index in [4.69, 9.17) is 16.3 Å². The molecule has 2 heterocycles. The van der Waals surface area contributed by atoms with Crippen molar-refractivity contribution < 1.29 is 9.53 Å². The molecular formula is C19H21ClN2O2. The summed E-state index contributed by atoms with van der Waals surface area (Å²) in [5.41, 5.74) is 3.10. The number of benzene rings is 1. The van der Waals surface area contributed by atoms with E-state index in [1.54, 1.807) is 6.20 Å². The average Bonchev–Trinajstić information content (AvgIpc) is 2.61. The van der Waals surface area contributed by atoms with Crippen LogP contribution < -0.4 is 0 Å². The van der Waals surface area contributed by atoms with Crippen molar-refractivity contribution in [3.63, 3.8) is 0 Å². The fraction of sp³-hybridized carbons (Fsp3) is 0.368. The number of aryl methyl sites for hydroxylation is 1. The molecule has 1 amide bonds. The number of likely N-dealkylation sites (tertiary alicyclic amines) is 1. The van der Waals surface area contributed by atoms with E-state index >= 15 is 0 Å². The highest BCUT2D eigenvalue weighted by atomic mass is 35.5. The van der Waals surface area contributed by atoms with Crippen LogP contribution in [0.2, 0.25) is 5.15 Å². The number of hydrogen-bond acceptors (Lipinski definition) is 3. The number of aromatic nitrogens is 1. The zero-order valence-electron chi connectivity index (χ0n) is 13.7. The number of ether oxygens (including phenoxy) is 1. The van der Waals surface area contributed by atoms with Gasteiger partial charge in [0.2, 0.25) is 0 Å². The van der Waals surface area contributed by atoms with E-state index in [-0.39, 0.29) is 12.1 Å². The Kier molecular flexibility index (Phi) is 5.36. The van der Waals surface area contributed by atoms with Crippen molar-refractivity contribution in [3.05, 3.63) is 64.4 Å². The van der Waals surface area contributed by atoms with E-state index in [0.717, 1.165) is 36.0 Å². The second-order valence-corrected chi connectivity index (χ2v) is 6.50. The monoisotopic (exact) mass is 344 g/mol. The quantitative estimate of drug-likeness (QED) is 0.743. The van der Waals surface area contributed by atoms with Gasteiger partial charge < -0.3 is 9.64 Å². The summed E-state index contributed by atoms with van der Waals surface area (Å²) in [6.45, 7) is 3.01. The third-order valence-electron chi connectivity index (χ3n) is 4.42. The van der Waals surface area contributed by atoms with Crippen LogP contribution in [0.1, 0.15) is 42.0 Å². The Hall–Kier alpha value is -2.07. The van der Waals surface area contributed by atoms with Crippen molar-refractivity contribution in [2.24, 2.45) is 0 Å². The molecule has 0 unspecified atom stereocenters. The molecule has 126 valence electrons. The molecule has 1 saturated heterocycles. The molecule has 3 rings (SSSR count). The van der Waals surface area contributed by atoms with Gasteiger partial charge in [-0.3, -0.25) is 0 Å². The van der Waals surface area contributed by atoms with Gasteiger partial charge in [0, 0.05) is 12.7 Å². The number of rotatable bonds is 3. The zero-order valence-corrected chi connectivity index (χ0v) is 14.5. The van der Waals surface area contributed by atoms with Crippen LogP contribution in [0.5, 0.6) is 0 Å². The Balaban J connectivity index is 1.73. The van der Waals surface area contributed by atoms with Crippen molar-refractivity contribution in [2.75, 3.05) is 6.54 Å². The molecule has 0 aliphatic carbocycles. The lowest BCUT2D eigenvalue weighted by molar-refractivity contribution is 0.0677. The molecule has 1 aliphatic rings. The van der Waals surface area contributed by atoms with Crippen LogP contribution in [0.4, 0.5) is 4.79 Å². The van der Waals surface area contributed by atoms with Gasteiger partial charge in [-0.05, 0) is 48.9 Å². The molecule has 1 aromatic carbocycles. The minimum atomic E-state index is -0.266. The van der Waals surface area contributed by atoms with Gasteiger partial charge in [-0.2, -0.15) is 0 Å². The van der Waals surface area contributed by atoms with Crippen LogP contribution in [0.3, 0.4) is 0 Å². The number of carbonyl (C=O) groups excluding carboxylic acids is 1. The number of piperidine rings is 1. The summed E-state index contributed by atoms with van der Waals surface area (Å²) in [7, 11) is 0. The SMILES string of the molecule is Cc1cc(Cl)ncc1[C@H]1CCCCN1C(=O)OCc1ccccc1. The van der Waals surface area contributed by atoms with Crippen molar-refractivity contribution >= 4 is 17.7 Å². The maximum Gasteiger partial charge on any atom is 0.410 e. The Labute approximate surface area is 147 Å². The maximum atomic E-state index is 12.6. The van der Waals surface area contributed by atoms with Crippen molar-refractivity contribution in [1.82, 2.24) is 9.88 Å². The third-order valence-corrected chi connectivity index (χ3v) is 4.63. The molecule has 0 N–H and O–H groups in total. The fourth-order valence-electron chi connectivity index (χ4n) is 3.16. The van der Waals surface area contributed by atoms with Crippen molar-refractivity contribution in [1.29, 1.82) is 0 Å². The molecule has 0 bridgehead atoms. The Morgan fingerprint density at radius 3 is 2.88 bits per heavy atom. The van der Waals surface area contributed by atoms with Gasteiger partial charge in [0.25, 0.3) is 0 Å². The molecule has 1 atom stereocenters. The van der Waals surface area contributed by atoms with Crippen LogP contribution in [0.25, 0.3) is 0 Å². The van der Waals surface area contributed by atoms with Crippen molar-refractivity contribution in [2.45, 2.75) is 38.8 Å². The van der Waals surface area contributed by atoms with Crippen LogP contribution in [-0.4, -0.2) is 22.5 Å². The third kappa shape index (κ3) is 3.88. The molecule has 24 heavy (non-hydrogen) atoms. The first-order valence-electron chi connectivity index (χ1n) is 8.24. The number of hydrogen-bond donors (Lipinski definition) is 0. The molecule has 0 radical (unpaired) electrons. The van der Waals surface area contributed by atoms with Crippen LogP contribution in [0.15, 0.2) is 42.6 Å². The lowest BCUT2D eigenvalue weighted by atomic mass is 9.94. The summed E-state index contributed by atoms with van der Waals surface area (Å²) in [5, 5.41) is 0.477. The van der Waals surface area contributed by atoms with E-state index < -0.39 is 0 Å². The summed E-state index contributed by atoms with van der Waals surface area (Å²) in [6, 6.07) is 11.6. The molecule has 0 saturated carbocycles. The van der Waals surface area contributed by atoms with Gasteiger partial charge in [0.15, 0.2) is 0 Å². The number of halogens is 1. The van der Waals surface area contributed by atoms with Crippen LogP contribution >= 0.6 is 11.6 Å². The van der Waals surface area contributed by atoms with Gasteiger partial charge in [-0.25, -0.2) is 9.78 Å². The summed E-state index contributed by atoms with van der Waals surface area (Å²) >= 11 is 5.96. The minimum Gasteiger partial charge on any atom is -0.445 e. The lowest BCUT2D eigenvalue weighted by Crippen LogP contribution is -2.39. The minimum absolute atomic E-state index is 0.00629. The lowest BCUT2D eigenvalue weighted by Gasteiger charge is -2.35. The van der Waals surface area contributed by atoms with Crippen LogP contribution in [0, 0.1) is 6.92 Å². The molecular weight excluding hydrogens is 324 g/mol. The molecule has 1 aromatic heterocycles. The average molecular weight is 345 g/mol. The number of pyridine rings is 1. The molecule has 1 fully saturated rings. The number of carbonyl (C=O) groups is 1. The summed E-state index contributed by atoms with van der Waals surface area (Å²) in [5.74, 6) is 0. The maximum absolute atomic E-state index is 12.6. The molecule has 5 heteroatoms. The summed E-state index contributed by atoms with van der Waals surface area (Å²) in [4.78, 5) is 18.6. The largest absolute Gasteiger partial charge is 0.445 e. The standard InChI is InChI=1S/C19H21ClN2O2/c1-14-11-18(20)21-12-16(14)17-9-5-6-10-22(17)19(23)24-13-15-7-3-2-4-8-15/h2-4,7-8,11-12,17H,5-6,9-10,13H2,1H3/t17-/m1/s1. The number of nitrogens with zero attached hydrogens (tertiary/aromatic N) is 2. The first-order chi connectivity index (χ1) is 11.6. The topological polar surface area (TPSA) is 42.4 Å². The predicted octanol–water partition coefficient (Wildman–Crippen LogP) is 4.91. The highest BCUT2D eigenvalue weighted by molar-refractivity contribution is 6.29. The van der Waals surface area contributed by atoms with E-state index in [1.165, 1.54) is 0 Å². The van der Waals surface area contributed by atoms with Crippen LogP contribution in [-0.2, 0) is 11.3 Å². The molecule has 2 aromatic rings. The summed E-state index contributed by atoms with van der Waals surface area (Å²) < 4.78 is 5.52. The highest BCUT2D eigenvalue weighted by Gasteiger charge is 2.30. The fourth-order valence-corrected chi connectivity index (χ4v) is 3.37. The normalized spacial score (nSPS) is 17.6. The van der Waals surface area contributed by atoms with Gasteiger partial charge in [0.05, 0.1) is 6.04 Å². The van der Waals surface area contributed by atoms with E-state index in [2.05, 4.69) is 4.98 Å². The van der Waals surface area contributed by atoms with E-state index in [9.17, 15) is 4.79 Å². The second kappa shape index (κ2) is 7.67. The summed E-state index contributed by atoms with van der Waals surface area (Å²) in [6.07, 6.45) is 4.53. The first kappa shape index (κ1) is 16.8. The Morgan fingerprint density at radius 1 is 1.33 bits per heavy atom. The number of amides is 1. The van der Waals surface area contributed by atoms with Gasteiger partial charge in [0.1, 0.15) is 11.8 Å². The molecule has 4 nitrogen and oxygen atoms in total. The van der Waals surface area contributed by atoms with E-state index in [1.807, 2.05) is 48.2 Å². The molecule has 0 spiro atoms. The second-order valence-electron chi connectivity index (χ2n) is 6.11. The Bertz CT molecular complexity index is 706. The first-order valence-corrected chi connectivity index (χ1v) is 8.62. The smallest absolute Gasteiger partial charge is 0.410 e. The van der Waals surface area contributed by atoms with Gasteiger partial charge in [-0.15, -0.1) is 0 Å². The molecule has 1 aliphatic heterocycles. The zero-order chi connectivity index (χ0) is 16.9. The highest BCUT2D eigenvalue weighted by Crippen LogP contribution is 2.33. The van der Waals surface area contributed by atoms with Crippen molar-refractivity contribution in [3.8, 4) is 0 Å². The van der Waals surface area contributed by atoms with Gasteiger partial charge in [-0.1, -0.05) is 41.9 Å². The Morgan fingerprint density at radius 2 is 2.12 bits per heavy atom. The van der Waals surface area contributed by atoms with Gasteiger partial charge >= 0.3 is 6.09 Å².